The number of benzene rings is 1. The molecule has 0 N–H and O–H groups in total. The van der Waals surface area contributed by atoms with Gasteiger partial charge in [0.05, 0.1) is 0 Å². The number of unbranched alkanes of at least 4 members (excludes halogenated alkanes) is 1. The van der Waals surface area contributed by atoms with Crippen LogP contribution < -0.4 is 0 Å². The second-order valence-electron chi connectivity index (χ2n) is 4.38. The third-order valence-electron chi connectivity index (χ3n) is 2.66. The molecule has 0 heterocycles. The first-order valence-electron chi connectivity index (χ1n) is 6.75. The van der Waals surface area contributed by atoms with Gasteiger partial charge in [-0.3, -0.25) is 0 Å². The molecule has 0 atom stereocenters. The van der Waals surface area contributed by atoms with Gasteiger partial charge in [-0.1, -0.05) is 0 Å². The fraction of sp³-hybridized carbons (Fsp3) is 0.500. The van der Waals surface area contributed by atoms with Crippen molar-refractivity contribution in [3.8, 4) is 0 Å². The summed E-state index contributed by atoms with van der Waals surface area (Å²) in [5.74, 6) is 0. The number of rotatable bonds is 10. The fourth-order valence-corrected chi connectivity index (χ4v) is 4.45. The van der Waals surface area contributed by atoms with Crippen LogP contribution in [0.15, 0.2) is 40.5 Å². The Hall–Kier alpha value is -0.290. The molecule has 0 saturated heterocycles. The summed E-state index contributed by atoms with van der Waals surface area (Å²) in [6.07, 6.45) is 4.99. The molecule has 1 nitrogen and oxygen atoms in total. The molecule has 0 aliphatic rings. The zero-order chi connectivity index (χ0) is 13.1. The molecule has 2 heteroatoms. The summed E-state index contributed by atoms with van der Waals surface area (Å²) in [5.41, 5.74) is 1.26. The van der Waals surface area contributed by atoms with Crippen molar-refractivity contribution in [1.82, 2.24) is 0 Å². The van der Waals surface area contributed by atoms with Crippen LogP contribution in [-0.4, -0.2) is 27.5 Å². The van der Waals surface area contributed by atoms with E-state index in [9.17, 15) is 0 Å². The summed E-state index contributed by atoms with van der Waals surface area (Å²) >= 11 is 0.0664. The topological polar surface area (TPSA) is 9.23 Å². The number of hydrogen-bond donors (Lipinski definition) is 0. The van der Waals surface area contributed by atoms with Crippen molar-refractivity contribution in [3.05, 3.63) is 46.1 Å². The molecule has 0 radical (unpaired) electrons. The van der Waals surface area contributed by atoms with Gasteiger partial charge < -0.3 is 0 Å². The van der Waals surface area contributed by atoms with E-state index in [-0.39, 0.29) is 20.9 Å². The Labute approximate surface area is 122 Å². The van der Waals surface area contributed by atoms with Crippen molar-refractivity contribution in [3.63, 3.8) is 0 Å². The molecule has 0 fully saturated rings. The molecule has 1 aromatic carbocycles. The van der Waals surface area contributed by atoms with Gasteiger partial charge in [0, 0.05) is 0 Å². The van der Waals surface area contributed by atoms with Crippen molar-refractivity contribution in [1.29, 1.82) is 0 Å². The van der Waals surface area contributed by atoms with Crippen LogP contribution in [0.5, 0.6) is 0 Å². The van der Waals surface area contributed by atoms with Gasteiger partial charge in [-0.15, -0.1) is 0 Å². The van der Waals surface area contributed by atoms with Crippen LogP contribution in [0, 0.1) is 0 Å². The number of ether oxygens (including phenoxy) is 1. The van der Waals surface area contributed by atoms with E-state index < -0.39 is 0 Å². The minimum atomic E-state index is 0.0664. The van der Waals surface area contributed by atoms with Crippen LogP contribution in [0.2, 0.25) is 4.47 Å². The summed E-state index contributed by atoms with van der Waals surface area (Å²) in [6, 6.07) is 10.4. The van der Waals surface area contributed by atoms with Gasteiger partial charge in [0.1, 0.15) is 0 Å². The summed E-state index contributed by atoms with van der Waals surface area (Å²) in [6.45, 7) is 8.03. The summed E-state index contributed by atoms with van der Waals surface area (Å²) in [4.78, 5) is 0. The first kappa shape index (κ1) is 15.8. The van der Waals surface area contributed by atoms with Crippen LogP contribution in [0.25, 0.3) is 0 Å². The van der Waals surface area contributed by atoms with Crippen molar-refractivity contribution in [2.45, 2.75) is 43.7 Å². The Balaban J connectivity index is 1.97. The molecule has 0 aromatic heterocycles. The molecule has 0 spiro atoms. The van der Waals surface area contributed by atoms with E-state index in [0.29, 0.717) is 0 Å². The van der Waals surface area contributed by atoms with Gasteiger partial charge in [0.2, 0.25) is 0 Å². The van der Waals surface area contributed by atoms with Crippen LogP contribution in [0.4, 0.5) is 0 Å². The van der Waals surface area contributed by atoms with Gasteiger partial charge in [0.25, 0.3) is 0 Å². The van der Waals surface area contributed by atoms with Gasteiger partial charge >= 0.3 is 122 Å². The SMILES string of the molecule is C=C(CCCOCc1ccccc1)[Te]CCCC. The van der Waals surface area contributed by atoms with Crippen molar-refractivity contribution < 1.29 is 4.74 Å². The predicted molar refractivity (Wildman–Crippen MR) is 79.9 cm³/mol. The van der Waals surface area contributed by atoms with Gasteiger partial charge in [-0.05, 0) is 0 Å². The molecule has 100 valence electrons. The van der Waals surface area contributed by atoms with Crippen LogP contribution in [0.3, 0.4) is 0 Å². The van der Waals surface area contributed by atoms with E-state index in [2.05, 4.69) is 37.8 Å². The fourth-order valence-electron chi connectivity index (χ4n) is 1.57. The molecule has 0 amide bonds. The molecular weight excluding hydrogens is 336 g/mol. The second kappa shape index (κ2) is 10.6. The molecule has 0 aliphatic heterocycles. The normalized spacial score (nSPS) is 10.5. The van der Waals surface area contributed by atoms with E-state index in [1.807, 2.05) is 6.07 Å². The minimum absolute atomic E-state index is 0.0664. The Kier molecular flexibility index (Phi) is 9.30. The quantitative estimate of drug-likeness (QED) is 0.444. The Morgan fingerprint density at radius 1 is 1.22 bits per heavy atom. The van der Waals surface area contributed by atoms with Gasteiger partial charge in [0.15, 0.2) is 0 Å². The molecule has 18 heavy (non-hydrogen) atoms. The standard InChI is InChI=1S/C16H24OTe/c1-3-4-13-18-15(2)9-8-12-17-14-16-10-6-5-7-11-16/h5-7,10-11H,2-4,8-9,12-14H2,1H3. The van der Waals surface area contributed by atoms with E-state index in [1.165, 1.54) is 32.9 Å². The van der Waals surface area contributed by atoms with Crippen LogP contribution in [0.1, 0.15) is 38.2 Å². The monoisotopic (exact) mass is 362 g/mol. The Bertz CT molecular complexity index is 321. The summed E-state index contributed by atoms with van der Waals surface area (Å²) in [7, 11) is 0. The van der Waals surface area contributed by atoms with E-state index in [4.69, 9.17) is 4.74 Å². The molecule has 0 aliphatic carbocycles. The third-order valence-corrected chi connectivity index (χ3v) is 5.81. The van der Waals surface area contributed by atoms with Gasteiger partial charge in [-0.25, -0.2) is 0 Å². The number of hydrogen-bond acceptors (Lipinski definition) is 1. The van der Waals surface area contributed by atoms with Gasteiger partial charge in [-0.2, -0.15) is 0 Å². The molecule has 1 rings (SSSR count). The van der Waals surface area contributed by atoms with Crippen molar-refractivity contribution in [2.75, 3.05) is 6.61 Å². The average Bonchev–Trinajstić information content (AvgIpc) is 2.40. The van der Waals surface area contributed by atoms with Crippen molar-refractivity contribution >= 4 is 20.9 Å². The predicted octanol–water partition coefficient (Wildman–Crippen LogP) is 4.42. The van der Waals surface area contributed by atoms with Crippen molar-refractivity contribution in [2.24, 2.45) is 0 Å². The average molecular weight is 360 g/mol. The van der Waals surface area contributed by atoms with E-state index in [1.54, 1.807) is 0 Å². The molecule has 0 bridgehead atoms. The molecule has 0 saturated carbocycles. The van der Waals surface area contributed by atoms with Crippen LogP contribution in [-0.2, 0) is 11.3 Å². The second-order valence-corrected chi connectivity index (χ2v) is 8.02. The molecular formula is C16H24OTe. The van der Waals surface area contributed by atoms with E-state index >= 15 is 0 Å². The summed E-state index contributed by atoms with van der Waals surface area (Å²) < 4.78 is 8.60. The number of allylic oxidation sites excluding steroid dienone is 1. The van der Waals surface area contributed by atoms with E-state index in [0.717, 1.165) is 19.6 Å². The first-order valence-corrected chi connectivity index (χ1v) is 9.56. The summed E-state index contributed by atoms with van der Waals surface area (Å²) in [5, 5.41) is 0. The Morgan fingerprint density at radius 2 is 2.00 bits per heavy atom. The third kappa shape index (κ3) is 7.93. The zero-order valence-electron chi connectivity index (χ0n) is 11.4. The maximum atomic E-state index is 5.67. The zero-order valence-corrected chi connectivity index (χ0v) is 13.7. The maximum absolute atomic E-state index is 5.67. The molecule has 1 aromatic rings. The van der Waals surface area contributed by atoms with Crippen LogP contribution >= 0.6 is 0 Å². The first-order chi connectivity index (χ1) is 8.83. The molecule has 0 unspecified atom stereocenters. The Morgan fingerprint density at radius 3 is 2.72 bits per heavy atom.